The Morgan fingerprint density at radius 1 is 1.16 bits per heavy atom. The highest BCUT2D eigenvalue weighted by Gasteiger charge is 2.19. The molecular weight excluding hydrogens is 242 g/mol. The number of nitrogens with two attached hydrogens (primary N) is 3. The van der Waals surface area contributed by atoms with Crippen molar-refractivity contribution in [3.63, 3.8) is 0 Å². The lowest BCUT2D eigenvalue weighted by Crippen LogP contribution is -2.54. The minimum Gasteiger partial charge on any atom is -0.496 e. The molecule has 0 fully saturated rings. The highest BCUT2D eigenvalue weighted by Crippen LogP contribution is 2.33. The third kappa shape index (κ3) is 2.78. The van der Waals surface area contributed by atoms with E-state index >= 15 is 0 Å². The molecule has 5 nitrogen and oxygen atoms in total. The molecular formula is C14H19N3O2. The second-order valence-electron chi connectivity index (χ2n) is 4.47. The molecule has 0 amide bonds. The van der Waals surface area contributed by atoms with Crippen molar-refractivity contribution in [3.05, 3.63) is 41.7 Å². The first-order chi connectivity index (χ1) is 8.95. The van der Waals surface area contributed by atoms with E-state index in [0.717, 1.165) is 17.7 Å². The lowest BCUT2D eigenvalue weighted by Gasteiger charge is -2.20. The van der Waals surface area contributed by atoms with Crippen molar-refractivity contribution in [2.75, 3.05) is 7.11 Å². The van der Waals surface area contributed by atoms with Crippen LogP contribution in [0.1, 0.15) is 18.2 Å². The molecule has 2 rings (SSSR count). The van der Waals surface area contributed by atoms with Crippen LogP contribution in [0.2, 0.25) is 0 Å². The van der Waals surface area contributed by atoms with Crippen LogP contribution in [0.15, 0.2) is 34.7 Å². The maximum Gasteiger partial charge on any atom is 0.142 e. The summed E-state index contributed by atoms with van der Waals surface area (Å²) >= 11 is 0. The zero-order valence-corrected chi connectivity index (χ0v) is 11.1. The molecule has 1 heterocycles. The van der Waals surface area contributed by atoms with E-state index in [9.17, 15) is 0 Å². The van der Waals surface area contributed by atoms with Crippen molar-refractivity contribution in [1.29, 1.82) is 0 Å². The number of rotatable bonds is 4. The maximum absolute atomic E-state index is 5.73. The lowest BCUT2D eigenvalue weighted by molar-refractivity contribution is 0.412. The Hall–Kier alpha value is -1.82. The number of aryl methyl sites for hydroxylation is 1. The molecule has 5 heteroatoms. The van der Waals surface area contributed by atoms with Gasteiger partial charge in [0.05, 0.1) is 12.7 Å². The van der Waals surface area contributed by atoms with E-state index in [0.29, 0.717) is 17.1 Å². The van der Waals surface area contributed by atoms with E-state index in [1.807, 2.05) is 19.1 Å². The van der Waals surface area contributed by atoms with Gasteiger partial charge in [-0.25, -0.2) is 0 Å². The number of hydrogen-bond acceptors (Lipinski definition) is 5. The van der Waals surface area contributed by atoms with Gasteiger partial charge in [-0.3, -0.25) is 17.2 Å². The molecule has 19 heavy (non-hydrogen) atoms. The average molecular weight is 261 g/mol. The van der Waals surface area contributed by atoms with Crippen LogP contribution in [0.4, 0.5) is 0 Å². The van der Waals surface area contributed by atoms with Gasteiger partial charge in [0.25, 0.3) is 0 Å². The summed E-state index contributed by atoms with van der Waals surface area (Å²) < 4.78 is 11.1. The van der Waals surface area contributed by atoms with Gasteiger partial charge in [0.1, 0.15) is 23.1 Å². The predicted molar refractivity (Wildman–Crippen MR) is 74.3 cm³/mol. The third-order valence-corrected chi connectivity index (χ3v) is 2.98. The molecule has 1 aromatic carbocycles. The number of hydrogen-bond donors (Lipinski definition) is 3. The lowest BCUT2D eigenvalue weighted by atomic mass is 10.0. The molecule has 0 aliphatic heterocycles. The molecule has 6 N–H and O–H groups in total. The summed E-state index contributed by atoms with van der Waals surface area (Å²) in [6.07, 6.45) is 0.830. The van der Waals surface area contributed by atoms with Gasteiger partial charge in [0, 0.05) is 12.0 Å². The minimum absolute atomic E-state index is 0.609. The Kier molecular flexibility index (Phi) is 3.61. The van der Waals surface area contributed by atoms with Crippen molar-refractivity contribution in [1.82, 2.24) is 0 Å². The summed E-state index contributed by atoms with van der Waals surface area (Å²) in [6.45, 7) is 2.03. The van der Waals surface area contributed by atoms with Gasteiger partial charge < -0.3 is 9.15 Å². The molecule has 2 aromatic rings. The van der Waals surface area contributed by atoms with Crippen molar-refractivity contribution >= 4 is 0 Å². The van der Waals surface area contributed by atoms with Crippen LogP contribution in [-0.2, 0) is 12.2 Å². The first kappa shape index (κ1) is 13.6. The Morgan fingerprint density at radius 2 is 1.89 bits per heavy atom. The van der Waals surface area contributed by atoms with Crippen molar-refractivity contribution in [2.24, 2.45) is 17.2 Å². The first-order valence-electron chi connectivity index (χ1n) is 6.10. The van der Waals surface area contributed by atoms with Gasteiger partial charge >= 0.3 is 0 Å². The van der Waals surface area contributed by atoms with Gasteiger partial charge in [-0.2, -0.15) is 0 Å². The van der Waals surface area contributed by atoms with Gasteiger partial charge in [0.2, 0.25) is 0 Å². The molecule has 102 valence electrons. The number of benzene rings is 1. The van der Waals surface area contributed by atoms with Crippen LogP contribution >= 0.6 is 0 Å². The van der Waals surface area contributed by atoms with E-state index < -0.39 is 5.79 Å². The standard InChI is InChI=1S/C14H19N3O2/c1-3-10-5-7-13(19-10)11-8-9(14(15,16)17)4-6-12(11)18-2/h4-8H,3,15-17H2,1-2H3. The molecule has 0 saturated carbocycles. The molecule has 0 bridgehead atoms. The van der Waals surface area contributed by atoms with Gasteiger partial charge in [-0.05, 0) is 24.3 Å². The summed E-state index contributed by atoms with van der Waals surface area (Å²) in [4.78, 5) is 0. The van der Waals surface area contributed by atoms with E-state index in [2.05, 4.69) is 0 Å². The van der Waals surface area contributed by atoms with Crippen molar-refractivity contribution < 1.29 is 9.15 Å². The maximum atomic E-state index is 5.73. The quantitative estimate of drug-likeness (QED) is 0.724. The molecule has 0 radical (unpaired) electrons. The largest absolute Gasteiger partial charge is 0.496 e. The second-order valence-corrected chi connectivity index (χ2v) is 4.47. The van der Waals surface area contributed by atoms with E-state index in [1.165, 1.54) is 0 Å². The fraction of sp³-hybridized carbons (Fsp3) is 0.286. The molecule has 0 unspecified atom stereocenters. The topological polar surface area (TPSA) is 100 Å². The molecule has 0 atom stereocenters. The van der Waals surface area contributed by atoms with Gasteiger partial charge in [-0.15, -0.1) is 0 Å². The van der Waals surface area contributed by atoms with Gasteiger partial charge in [0.15, 0.2) is 0 Å². The summed E-state index contributed by atoms with van der Waals surface area (Å²) in [7, 11) is 1.60. The summed E-state index contributed by atoms with van der Waals surface area (Å²) in [5.74, 6) is 0.910. The predicted octanol–water partition coefficient (Wildman–Crippen LogP) is 1.50. The van der Waals surface area contributed by atoms with Crippen LogP contribution in [-0.4, -0.2) is 7.11 Å². The normalized spacial score (nSPS) is 11.6. The van der Waals surface area contributed by atoms with Crippen LogP contribution in [0.25, 0.3) is 11.3 Å². The Morgan fingerprint density at radius 3 is 2.42 bits per heavy atom. The number of furan rings is 1. The second kappa shape index (κ2) is 5.05. The third-order valence-electron chi connectivity index (χ3n) is 2.98. The molecule has 0 spiro atoms. The highest BCUT2D eigenvalue weighted by atomic mass is 16.5. The molecule has 0 aliphatic rings. The van der Waals surface area contributed by atoms with Crippen LogP contribution in [0.3, 0.4) is 0 Å². The fourth-order valence-corrected chi connectivity index (χ4v) is 1.88. The Balaban J connectivity index is 2.53. The van der Waals surface area contributed by atoms with E-state index in [4.69, 9.17) is 26.4 Å². The zero-order valence-electron chi connectivity index (χ0n) is 11.1. The fourth-order valence-electron chi connectivity index (χ4n) is 1.88. The first-order valence-corrected chi connectivity index (χ1v) is 6.10. The smallest absolute Gasteiger partial charge is 0.142 e. The SMILES string of the molecule is CCc1ccc(-c2cc(C(N)(N)N)ccc2OC)o1. The van der Waals surface area contributed by atoms with E-state index in [-0.39, 0.29) is 0 Å². The summed E-state index contributed by atoms with van der Waals surface area (Å²) in [5, 5.41) is 0. The molecule has 1 aromatic heterocycles. The van der Waals surface area contributed by atoms with Crippen LogP contribution in [0, 0.1) is 0 Å². The number of methoxy groups -OCH3 is 1. The van der Waals surface area contributed by atoms with Crippen LogP contribution in [0.5, 0.6) is 5.75 Å². The van der Waals surface area contributed by atoms with E-state index in [1.54, 1.807) is 25.3 Å². The van der Waals surface area contributed by atoms with Crippen molar-refractivity contribution in [2.45, 2.75) is 19.1 Å². The minimum atomic E-state index is -1.39. The monoisotopic (exact) mass is 261 g/mol. The highest BCUT2D eigenvalue weighted by molar-refractivity contribution is 5.67. The molecule has 0 saturated heterocycles. The van der Waals surface area contributed by atoms with Crippen molar-refractivity contribution in [3.8, 4) is 17.1 Å². The zero-order chi connectivity index (χ0) is 14.0. The Bertz CT molecular complexity index is 570. The molecule has 0 aliphatic carbocycles. The Labute approximate surface area is 112 Å². The number of ether oxygens (including phenoxy) is 1. The summed E-state index contributed by atoms with van der Waals surface area (Å²) in [6, 6.07) is 9.14. The van der Waals surface area contributed by atoms with Crippen LogP contribution < -0.4 is 21.9 Å². The average Bonchev–Trinajstić information content (AvgIpc) is 2.85. The van der Waals surface area contributed by atoms with Gasteiger partial charge in [-0.1, -0.05) is 13.0 Å². The summed E-state index contributed by atoms with van der Waals surface area (Å²) in [5.41, 5.74) is 18.5.